The van der Waals surface area contributed by atoms with Gasteiger partial charge in [-0.15, -0.1) is 0 Å². The van der Waals surface area contributed by atoms with Gasteiger partial charge in [0.05, 0.1) is 4.90 Å². The van der Waals surface area contributed by atoms with Gasteiger partial charge in [-0.3, -0.25) is 9.59 Å². The second kappa shape index (κ2) is 7.41. The van der Waals surface area contributed by atoms with Crippen molar-refractivity contribution in [1.29, 1.82) is 0 Å². The fourth-order valence-electron chi connectivity index (χ4n) is 2.11. The number of amides is 1. The molecule has 0 heterocycles. The third kappa shape index (κ3) is 5.29. The molecule has 0 aromatic heterocycles. The molecular formula is C14H17BrN2O5S. The van der Waals surface area contributed by atoms with Gasteiger partial charge >= 0.3 is 5.97 Å². The van der Waals surface area contributed by atoms with Crippen LogP contribution < -0.4 is 4.72 Å². The van der Waals surface area contributed by atoms with E-state index in [1.54, 1.807) is 12.1 Å². The molecule has 23 heavy (non-hydrogen) atoms. The number of nitrogens with zero attached hydrogens (tertiary/aromatic N) is 1. The lowest BCUT2D eigenvalue weighted by molar-refractivity contribution is -0.144. The minimum Gasteiger partial charge on any atom is -0.480 e. The van der Waals surface area contributed by atoms with Crippen molar-refractivity contribution < 1.29 is 23.1 Å². The number of aliphatic carboxylic acids is 1. The molecule has 9 heteroatoms. The van der Waals surface area contributed by atoms with Gasteiger partial charge in [0.15, 0.2) is 0 Å². The molecular weight excluding hydrogens is 388 g/mol. The van der Waals surface area contributed by atoms with Gasteiger partial charge in [-0.25, -0.2) is 13.1 Å². The van der Waals surface area contributed by atoms with Gasteiger partial charge in [-0.2, -0.15) is 0 Å². The van der Waals surface area contributed by atoms with Crippen LogP contribution in [0.15, 0.2) is 33.6 Å². The van der Waals surface area contributed by atoms with Crippen LogP contribution in [-0.2, 0) is 19.6 Å². The molecule has 2 rings (SSSR count). The van der Waals surface area contributed by atoms with Gasteiger partial charge in [-0.05, 0) is 31.0 Å². The molecule has 1 fully saturated rings. The summed E-state index contributed by atoms with van der Waals surface area (Å²) < 4.78 is 27.2. The van der Waals surface area contributed by atoms with Crippen LogP contribution in [0.25, 0.3) is 0 Å². The van der Waals surface area contributed by atoms with Crippen LogP contribution in [0.4, 0.5) is 0 Å². The topological polar surface area (TPSA) is 104 Å². The van der Waals surface area contributed by atoms with Crippen LogP contribution >= 0.6 is 15.9 Å². The fraction of sp³-hybridized carbons (Fsp3) is 0.429. The Morgan fingerprint density at radius 3 is 2.61 bits per heavy atom. The molecule has 7 nitrogen and oxygen atoms in total. The highest BCUT2D eigenvalue weighted by molar-refractivity contribution is 9.10. The number of nitrogens with one attached hydrogen (secondary N) is 1. The van der Waals surface area contributed by atoms with E-state index in [2.05, 4.69) is 20.7 Å². The number of carbonyl (C=O) groups excluding carboxylic acids is 1. The third-order valence-electron chi connectivity index (χ3n) is 3.35. The van der Waals surface area contributed by atoms with E-state index in [1.807, 2.05) is 0 Å². The molecule has 0 unspecified atom stereocenters. The lowest BCUT2D eigenvalue weighted by Crippen LogP contribution is -2.39. The Kier molecular flexibility index (Phi) is 5.77. The number of benzene rings is 1. The van der Waals surface area contributed by atoms with E-state index < -0.39 is 16.0 Å². The van der Waals surface area contributed by atoms with Crippen LogP contribution in [0.2, 0.25) is 0 Å². The normalized spacial score (nSPS) is 14.5. The van der Waals surface area contributed by atoms with E-state index in [1.165, 1.54) is 17.0 Å². The van der Waals surface area contributed by atoms with Crippen LogP contribution in [0.1, 0.15) is 19.3 Å². The number of rotatable bonds is 8. The smallest absolute Gasteiger partial charge is 0.323 e. The van der Waals surface area contributed by atoms with Crippen LogP contribution in [0.3, 0.4) is 0 Å². The Hall–Kier alpha value is -1.45. The van der Waals surface area contributed by atoms with E-state index in [-0.39, 0.29) is 36.4 Å². The molecule has 126 valence electrons. The minimum absolute atomic E-state index is 0.0275. The van der Waals surface area contributed by atoms with Crippen molar-refractivity contribution >= 4 is 37.8 Å². The van der Waals surface area contributed by atoms with Gasteiger partial charge in [0, 0.05) is 23.5 Å². The molecule has 0 bridgehead atoms. The van der Waals surface area contributed by atoms with Crippen molar-refractivity contribution in [2.45, 2.75) is 30.2 Å². The highest BCUT2D eigenvalue weighted by Crippen LogP contribution is 2.27. The van der Waals surface area contributed by atoms with Crippen LogP contribution in [0, 0.1) is 0 Å². The van der Waals surface area contributed by atoms with E-state index >= 15 is 0 Å². The quantitative estimate of drug-likeness (QED) is 0.677. The summed E-state index contributed by atoms with van der Waals surface area (Å²) in [6.07, 6.45) is 1.52. The first-order valence-electron chi connectivity index (χ1n) is 7.06. The van der Waals surface area contributed by atoms with E-state index in [4.69, 9.17) is 5.11 Å². The number of sulfonamides is 1. The summed E-state index contributed by atoms with van der Waals surface area (Å²) >= 11 is 3.20. The number of carbonyl (C=O) groups is 2. The lowest BCUT2D eigenvalue weighted by atomic mass is 10.3. The molecule has 1 amide bonds. The second-order valence-electron chi connectivity index (χ2n) is 5.25. The predicted octanol–water partition coefficient (Wildman–Crippen LogP) is 1.19. The average Bonchev–Trinajstić information content (AvgIpc) is 3.28. The minimum atomic E-state index is -3.70. The van der Waals surface area contributed by atoms with Gasteiger partial charge < -0.3 is 10.0 Å². The number of halogens is 1. The molecule has 1 aromatic carbocycles. The maximum atomic E-state index is 12.1. The molecule has 1 aromatic rings. The van der Waals surface area contributed by atoms with Crippen molar-refractivity contribution in [3.05, 3.63) is 28.7 Å². The largest absolute Gasteiger partial charge is 0.480 e. The molecule has 1 aliphatic carbocycles. The predicted molar refractivity (Wildman–Crippen MR) is 86.3 cm³/mol. The van der Waals surface area contributed by atoms with Crippen molar-refractivity contribution in [1.82, 2.24) is 9.62 Å². The second-order valence-corrected chi connectivity index (χ2v) is 7.93. The Bertz CT molecular complexity index is 703. The number of hydrogen-bond acceptors (Lipinski definition) is 4. The van der Waals surface area contributed by atoms with E-state index in [9.17, 15) is 18.0 Å². The molecule has 0 aliphatic heterocycles. The zero-order valence-electron chi connectivity index (χ0n) is 12.2. The molecule has 0 radical (unpaired) electrons. The van der Waals surface area contributed by atoms with Crippen LogP contribution in [0.5, 0.6) is 0 Å². The summed E-state index contributed by atoms with van der Waals surface area (Å²) in [7, 11) is -3.70. The van der Waals surface area contributed by atoms with Crippen molar-refractivity contribution in [3.63, 3.8) is 0 Å². The first-order valence-corrected chi connectivity index (χ1v) is 9.34. The maximum absolute atomic E-state index is 12.1. The molecule has 0 saturated heterocycles. The zero-order chi connectivity index (χ0) is 17.0. The molecule has 0 spiro atoms. The Morgan fingerprint density at radius 2 is 2.04 bits per heavy atom. The highest BCUT2D eigenvalue weighted by Gasteiger charge is 2.33. The highest BCUT2D eigenvalue weighted by atomic mass is 79.9. The van der Waals surface area contributed by atoms with Crippen molar-refractivity contribution in [2.75, 3.05) is 13.1 Å². The molecule has 1 saturated carbocycles. The first-order chi connectivity index (χ1) is 10.8. The number of carboxylic acids is 1. The van der Waals surface area contributed by atoms with Crippen LogP contribution in [-0.4, -0.2) is 49.4 Å². The third-order valence-corrected chi connectivity index (χ3v) is 5.30. The SMILES string of the molecule is O=C(O)CN(C(=O)CCNS(=O)(=O)c1cccc(Br)c1)C1CC1. The summed E-state index contributed by atoms with van der Waals surface area (Å²) in [5.41, 5.74) is 0. The molecule has 2 N–H and O–H groups in total. The van der Waals surface area contributed by atoms with E-state index in [0.717, 1.165) is 12.8 Å². The van der Waals surface area contributed by atoms with Gasteiger partial charge in [0.2, 0.25) is 15.9 Å². The van der Waals surface area contributed by atoms with Crippen molar-refractivity contribution in [2.24, 2.45) is 0 Å². The first kappa shape index (κ1) is 17.9. The summed E-state index contributed by atoms with van der Waals surface area (Å²) in [4.78, 5) is 24.2. The fourth-order valence-corrected chi connectivity index (χ4v) is 3.73. The average molecular weight is 405 g/mol. The van der Waals surface area contributed by atoms with Gasteiger partial charge in [-0.1, -0.05) is 22.0 Å². The standard InChI is InChI=1S/C14H17BrN2O5S/c15-10-2-1-3-12(8-10)23(21,22)16-7-6-13(18)17(9-14(19)20)11-4-5-11/h1-3,8,11,16H,4-7,9H2,(H,19,20). The monoisotopic (exact) mass is 404 g/mol. The zero-order valence-corrected chi connectivity index (χ0v) is 14.6. The Labute approximate surface area is 142 Å². The Balaban J connectivity index is 1.90. The molecule has 0 atom stereocenters. The maximum Gasteiger partial charge on any atom is 0.323 e. The van der Waals surface area contributed by atoms with Crippen molar-refractivity contribution in [3.8, 4) is 0 Å². The lowest BCUT2D eigenvalue weighted by Gasteiger charge is -2.20. The van der Waals surface area contributed by atoms with E-state index in [0.29, 0.717) is 4.47 Å². The summed E-state index contributed by atoms with van der Waals surface area (Å²) in [5.74, 6) is -1.42. The van der Waals surface area contributed by atoms with Gasteiger partial charge in [0.1, 0.15) is 6.54 Å². The van der Waals surface area contributed by atoms with Gasteiger partial charge in [0.25, 0.3) is 0 Å². The number of carboxylic acid groups (broad SMARTS) is 1. The molecule has 1 aliphatic rings. The summed E-state index contributed by atoms with van der Waals surface area (Å²) in [6.45, 7) is -0.418. The Morgan fingerprint density at radius 1 is 1.35 bits per heavy atom. The summed E-state index contributed by atoms with van der Waals surface area (Å²) in [6, 6.07) is 6.20. The number of hydrogen-bond donors (Lipinski definition) is 2. The summed E-state index contributed by atoms with van der Waals surface area (Å²) in [5, 5.41) is 8.83.